The molecule has 2 heterocycles. The number of nitrogens with zero attached hydrogens (tertiary/aromatic N) is 2. The van der Waals surface area contributed by atoms with Gasteiger partial charge in [-0.3, -0.25) is 4.79 Å². The lowest BCUT2D eigenvalue weighted by atomic mass is 9.91. The number of aromatic nitrogens is 1. The predicted molar refractivity (Wildman–Crippen MR) is 123 cm³/mol. The number of furan rings is 1. The van der Waals surface area contributed by atoms with E-state index in [4.69, 9.17) is 24.2 Å². The van der Waals surface area contributed by atoms with Gasteiger partial charge < -0.3 is 29.4 Å². The molecule has 3 rings (SSSR count). The quantitative estimate of drug-likeness (QED) is 0.463. The van der Waals surface area contributed by atoms with Gasteiger partial charge in [-0.25, -0.2) is 9.59 Å². The van der Waals surface area contributed by atoms with Crippen LogP contribution in [0.1, 0.15) is 29.2 Å². The van der Waals surface area contributed by atoms with Crippen molar-refractivity contribution in [2.45, 2.75) is 57.7 Å². The molecule has 0 fully saturated rings. The fourth-order valence-corrected chi connectivity index (χ4v) is 3.37. The van der Waals surface area contributed by atoms with Gasteiger partial charge in [0.15, 0.2) is 0 Å². The lowest BCUT2D eigenvalue weighted by molar-refractivity contribution is -0.193. The van der Waals surface area contributed by atoms with E-state index in [0.29, 0.717) is 6.04 Å². The molecule has 214 valence electrons. The zero-order chi connectivity index (χ0) is 29.3. The van der Waals surface area contributed by atoms with Crippen LogP contribution in [0.25, 0.3) is 0 Å². The molecule has 1 aliphatic carbocycles. The van der Waals surface area contributed by atoms with Crippen LogP contribution >= 0.6 is 0 Å². The zero-order valence-corrected chi connectivity index (χ0v) is 20.8. The standard InChI is InChI=1S/C19H27N3O2.2C2HF3O2/c1-14-4-7-17(24-14)13-20-16-6-8-18-15(12-16)5-9-19(23)22(18)11-10-21(2)3;2*3-2(4,5)1(6)7/h4-5,7,9,16,20H,6,8,10-13H2,1-3H3;2*(H,6,7). The third-order valence-corrected chi connectivity index (χ3v) is 5.20. The van der Waals surface area contributed by atoms with Gasteiger partial charge in [-0.2, -0.15) is 26.3 Å². The number of nitrogens with one attached hydrogen (secondary N) is 1. The highest BCUT2D eigenvalue weighted by Crippen LogP contribution is 2.21. The van der Waals surface area contributed by atoms with E-state index in [9.17, 15) is 31.1 Å². The van der Waals surface area contributed by atoms with Crippen LogP contribution < -0.4 is 10.9 Å². The Bertz CT molecular complexity index is 1100. The van der Waals surface area contributed by atoms with Gasteiger partial charge in [0.05, 0.1) is 6.54 Å². The van der Waals surface area contributed by atoms with E-state index in [1.54, 1.807) is 6.07 Å². The molecule has 3 N–H and O–H groups in total. The minimum absolute atomic E-state index is 0.119. The van der Waals surface area contributed by atoms with Crippen molar-refractivity contribution in [1.29, 1.82) is 0 Å². The Kier molecular flexibility index (Phi) is 12.0. The number of carbonyl (C=O) groups is 2. The normalized spacial score (nSPS) is 15.1. The second-order valence-electron chi connectivity index (χ2n) is 8.54. The highest BCUT2D eigenvalue weighted by atomic mass is 19.4. The third-order valence-electron chi connectivity index (χ3n) is 5.20. The fourth-order valence-electron chi connectivity index (χ4n) is 3.37. The van der Waals surface area contributed by atoms with Crippen molar-refractivity contribution < 1.29 is 50.6 Å². The van der Waals surface area contributed by atoms with E-state index in [0.717, 1.165) is 50.4 Å². The van der Waals surface area contributed by atoms with Gasteiger partial charge in [-0.1, -0.05) is 6.07 Å². The first-order valence-electron chi connectivity index (χ1n) is 11.2. The number of aryl methyl sites for hydroxylation is 1. The van der Waals surface area contributed by atoms with Crippen LogP contribution in [0, 0.1) is 6.92 Å². The third kappa shape index (κ3) is 11.4. The summed E-state index contributed by atoms with van der Waals surface area (Å²) in [7, 11) is 4.08. The number of alkyl halides is 6. The minimum Gasteiger partial charge on any atom is -0.475 e. The molecule has 0 saturated carbocycles. The Morgan fingerprint density at radius 2 is 1.61 bits per heavy atom. The summed E-state index contributed by atoms with van der Waals surface area (Å²) >= 11 is 0. The summed E-state index contributed by atoms with van der Waals surface area (Å²) < 4.78 is 71.1. The summed E-state index contributed by atoms with van der Waals surface area (Å²) in [6.07, 6.45) is -7.19. The van der Waals surface area contributed by atoms with Crippen LogP contribution in [0.3, 0.4) is 0 Å². The largest absolute Gasteiger partial charge is 0.490 e. The van der Waals surface area contributed by atoms with Crippen LogP contribution in [-0.4, -0.2) is 70.7 Å². The molecule has 15 heteroatoms. The molecular formula is C23H29F6N3O6. The van der Waals surface area contributed by atoms with E-state index < -0.39 is 24.3 Å². The van der Waals surface area contributed by atoms with Crippen LogP contribution in [0.15, 0.2) is 33.5 Å². The van der Waals surface area contributed by atoms with Crippen molar-refractivity contribution in [2.75, 3.05) is 20.6 Å². The van der Waals surface area contributed by atoms with Crippen LogP contribution in [0.4, 0.5) is 26.3 Å². The SMILES string of the molecule is Cc1ccc(CNC2CCc3c(ccc(=O)n3CCN(C)C)C2)o1.O=C(O)C(F)(F)F.O=C(O)C(F)(F)F. The molecule has 0 aromatic carbocycles. The first-order chi connectivity index (χ1) is 17.4. The number of carboxylic acids is 2. The molecule has 1 unspecified atom stereocenters. The van der Waals surface area contributed by atoms with E-state index >= 15 is 0 Å². The second-order valence-corrected chi connectivity index (χ2v) is 8.54. The van der Waals surface area contributed by atoms with Gasteiger partial charge in [0, 0.05) is 30.9 Å². The summed E-state index contributed by atoms with van der Waals surface area (Å²) in [6, 6.07) is 8.18. The molecule has 0 amide bonds. The predicted octanol–water partition coefficient (Wildman–Crippen LogP) is 3.23. The molecule has 2 aromatic rings. The molecule has 0 bridgehead atoms. The van der Waals surface area contributed by atoms with Gasteiger partial charge in [-0.15, -0.1) is 0 Å². The Morgan fingerprint density at radius 3 is 2.05 bits per heavy atom. The lowest BCUT2D eigenvalue weighted by Crippen LogP contribution is -2.37. The van der Waals surface area contributed by atoms with E-state index in [2.05, 4.69) is 10.2 Å². The number of hydrogen-bond acceptors (Lipinski definition) is 6. The Hall–Kier alpha value is -3.33. The smallest absolute Gasteiger partial charge is 0.475 e. The van der Waals surface area contributed by atoms with Crippen molar-refractivity contribution in [3.8, 4) is 0 Å². The van der Waals surface area contributed by atoms with Gasteiger partial charge in [0.25, 0.3) is 5.56 Å². The van der Waals surface area contributed by atoms with E-state index in [1.807, 2.05) is 43.8 Å². The number of pyridine rings is 1. The molecule has 38 heavy (non-hydrogen) atoms. The fraction of sp³-hybridized carbons (Fsp3) is 0.522. The average molecular weight is 557 g/mol. The summed E-state index contributed by atoms with van der Waals surface area (Å²) in [6.45, 7) is 4.37. The maximum Gasteiger partial charge on any atom is 0.490 e. The second kappa shape index (κ2) is 14.0. The van der Waals surface area contributed by atoms with Gasteiger partial charge in [0.2, 0.25) is 0 Å². The molecule has 0 saturated heterocycles. The Labute approximate surface area is 213 Å². The molecule has 0 radical (unpaired) electrons. The number of rotatable bonds is 6. The highest BCUT2D eigenvalue weighted by Gasteiger charge is 2.38. The Balaban J connectivity index is 0.000000426. The Morgan fingerprint density at radius 1 is 1.05 bits per heavy atom. The molecule has 2 aromatic heterocycles. The maximum atomic E-state index is 12.2. The highest BCUT2D eigenvalue weighted by molar-refractivity contribution is 5.73. The van der Waals surface area contributed by atoms with Crippen LogP contribution in [-0.2, 0) is 35.5 Å². The monoisotopic (exact) mass is 557 g/mol. The lowest BCUT2D eigenvalue weighted by Gasteiger charge is -2.28. The number of hydrogen-bond donors (Lipinski definition) is 3. The molecular weight excluding hydrogens is 528 g/mol. The molecule has 1 atom stereocenters. The summed E-state index contributed by atoms with van der Waals surface area (Å²) in [5.74, 6) is -3.58. The van der Waals surface area contributed by atoms with Gasteiger partial charge >= 0.3 is 24.3 Å². The molecule has 0 aliphatic heterocycles. The minimum atomic E-state index is -5.08. The van der Waals surface area contributed by atoms with Crippen LogP contribution in [0.5, 0.6) is 0 Å². The summed E-state index contributed by atoms with van der Waals surface area (Å²) in [5.41, 5.74) is 2.64. The van der Waals surface area contributed by atoms with Crippen molar-refractivity contribution in [3.05, 3.63) is 57.4 Å². The maximum absolute atomic E-state index is 12.2. The van der Waals surface area contributed by atoms with Gasteiger partial charge in [-0.05, 0) is 58.0 Å². The average Bonchev–Trinajstić information content (AvgIpc) is 3.21. The van der Waals surface area contributed by atoms with Crippen molar-refractivity contribution in [3.63, 3.8) is 0 Å². The topological polar surface area (TPSA) is 125 Å². The first-order valence-corrected chi connectivity index (χ1v) is 11.2. The number of carboxylic acid groups (broad SMARTS) is 2. The van der Waals surface area contributed by atoms with Crippen molar-refractivity contribution in [1.82, 2.24) is 14.8 Å². The number of fused-ring (bicyclic) bond motifs is 1. The van der Waals surface area contributed by atoms with Crippen molar-refractivity contribution >= 4 is 11.9 Å². The molecule has 9 nitrogen and oxygen atoms in total. The summed E-state index contributed by atoms with van der Waals surface area (Å²) in [4.78, 5) is 32.1. The van der Waals surface area contributed by atoms with E-state index in [-0.39, 0.29) is 5.56 Å². The van der Waals surface area contributed by atoms with Crippen LogP contribution in [0.2, 0.25) is 0 Å². The van der Waals surface area contributed by atoms with Crippen molar-refractivity contribution in [2.24, 2.45) is 0 Å². The molecule has 1 aliphatic rings. The summed E-state index contributed by atoms with van der Waals surface area (Å²) in [5, 5.41) is 17.8. The molecule has 0 spiro atoms. The number of aliphatic carboxylic acids is 2. The number of halogens is 6. The first kappa shape index (κ1) is 32.7. The van der Waals surface area contributed by atoms with Gasteiger partial charge in [0.1, 0.15) is 11.5 Å². The number of likely N-dealkylation sites (N-methyl/N-ethyl adjacent to an activating group) is 1. The zero-order valence-electron chi connectivity index (χ0n) is 20.8. The van der Waals surface area contributed by atoms with E-state index in [1.165, 1.54) is 11.3 Å².